The van der Waals surface area contributed by atoms with Crippen molar-refractivity contribution in [3.63, 3.8) is 0 Å². The van der Waals surface area contributed by atoms with Crippen molar-refractivity contribution in [1.29, 1.82) is 0 Å². The molecule has 0 atom stereocenters. The van der Waals surface area contributed by atoms with Crippen molar-refractivity contribution < 1.29 is 13.9 Å². The third-order valence-electron chi connectivity index (χ3n) is 3.29. The van der Waals surface area contributed by atoms with Gasteiger partial charge in [-0.05, 0) is 48.5 Å². The predicted octanol–water partition coefficient (Wildman–Crippen LogP) is 3.69. The van der Waals surface area contributed by atoms with Crippen LogP contribution in [0.5, 0.6) is 5.75 Å². The first-order valence-corrected chi connectivity index (χ1v) is 6.88. The van der Waals surface area contributed by atoms with E-state index in [4.69, 9.17) is 20.8 Å². The molecule has 0 spiro atoms. The number of hydrogen-bond donors (Lipinski definition) is 0. The van der Waals surface area contributed by atoms with Crippen LogP contribution in [-0.4, -0.2) is 12.9 Å². The van der Waals surface area contributed by atoms with E-state index < -0.39 is 11.4 Å². The number of fused-ring (bicyclic) bond motifs is 1. The molecule has 4 nitrogen and oxygen atoms in total. The number of hydrogen-bond acceptors (Lipinski definition) is 4. The maximum Gasteiger partial charge on any atom is 0.347 e. The zero-order valence-electron chi connectivity index (χ0n) is 11.6. The molecule has 3 rings (SSSR count). The predicted molar refractivity (Wildman–Crippen MR) is 83.9 cm³/mol. The molecular formula is C17H11ClO4. The van der Waals surface area contributed by atoms with E-state index in [0.29, 0.717) is 27.3 Å². The van der Waals surface area contributed by atoms with E-state index in [2.05, 4.69) is 0 Å². The second kappa shape index (κ2) is 5.66. The van der Waals surface area contributed by atoms with Crippen molar-refractivity contribution in [2.45, 2.75) is 0 Å². The molecule has 22 heavy (non-hydrogen) atoms. The van der Waals surface area contributed by atoms with E-state index in [1.807, 2.05) is 0 Å². The van der Waals surface area contributed by atoms with E-state index in [-0.39, 0.29) is 5.56 Å². The summed E-state index contributed by atoms with van der Waals surface area (Å²) >= 11 is 5.92. The Morgan fingerprint density at radius 2 is 1.82 bits per heavy atom. The number of rotatable bonds is 3. The summed E-state index contributed by atoms with van der Waals surface area (Å²) in [7, 11) is 1.54. The Kier molecular flexibility index (Phi) is 3.69. The van der Waals surface area contributed by atoms with Crippen LogP contribution in [0.2, 0.25) is 5.02 Å². The molecule has 0 saturated carbocycles. The molecule has 1 heterocycles. The number of carbonyl (C=O) groups is 1. The first-order chi connectivity index (χ1) is 10.6. The summed E-state index contributed by atoms with van der Waals surface area (Å²) in [6.07, 6.45) is 0. The van der Waals surface area contributed by atoms with Crippen molar-refractivity contribution in [3.05, 3.63) is 75.1 Å². The van der Waals surface area contributed by atoms with Crippen LogP contribution in [0.3, 0.4) is 0 Å². The second-order valence-corrected chi connectivity index (χ2v) is 5.12. The van der Waals surface area contributed by atoms with Crippen molar-refractivity contribution in [1.82, 2.24) is 0 Å². The van der Waals surface area contributed by atoms with Crippen LogP contribution in [0.1, 0.15) is 15.9 Å². The Hall–Kier alpha value is -2.59. The highest BCUT2D eigenvalue weighted by atomic mass is 35.5. The number of ketones is 1. The first kappa shape index (κ1) is 14.4. The maximum atomic E-state index is 12.5. The molecule has 0 bridgehead atoms. The summed E-state index contributed by atoms with van der Waals surface area (Å²) in [4.78, 5) is 24.5. The molecule has 0 N–H and O–H groups in total. The van der Waals surface area contributed by atoms with Gasteiger partial charge >= 0.3 is 5.63 Å². The molecule has 0 amide bonds. The number of carbonyl (C=O) groups excluding carboxylic acids is 1. The molecule has 3 aromatic rings. The fourth-order valence-corrected chi connectivity index (χ4v) is 2.33. The SMILES string of the molecule is COc1ccc(C(=O)c2cc3cc(Cl)ccc3oc2=O)cc1. The highest BCUT2D eigenvalue weighted by molar-refractivity contribution is 6.31. The van der Waals surface area contributed by atoms with E-state index in [1.165, 1.54) is 6.07 Å². The van der Waals surface area contributed by atoms with Gasteiger partial charge in [-0.3, -0.25) is 4.79 Å². The lowest BCUT2D eigenvalue weighted by Gasteiger charge is -2.04. The number of ether oxygens (including phenoxy) is 1. The first-order valence-electron chi connectivity index (χ1n) is 6.50. The molecule has 0 unspecified atom stereocenters. The topological polar surface area (TPSA) is 56.5 Å². The van der Waals surface area contributed by atoms with Crippen molar-refractivity contribution >= 4 is 28.4 Å². The lowest BCUT2D eigenvalue weighted by Crippen LogP contribution is -2.14. The maximum absolute atomic E-state index is 12.5. The highest BCUT2D eigenvalue weighted by Gasteiger charge is 2.16. The molecule has 0 aliphatic rings. The van der Waals surface area contributed by atoms with Gasteiger partial charge in [0.2, 0.25) is 0 Å². The molecule has 1 aromatic heterocycles. The van der Waals surface area contributed by atoms with Crippen LogP contribution in [0.15, 0.2) is 57.7 Å². The second-order valence-electron chi connectivity index (χ2n) is 4.69. The Labute approximate surface area is 130 Å². The van der Waals surface area contributed by atoms with Crippen molar-refractivity contribution in [2.24, 2.45) is 0 Å². The summed E-state index contributed by atoms with van der Waals surface area (Å²) in [5.74, 6) is 0.229. The van der Waals surface area contributed by atoms with E-state index >= 15 is 0 Å². The smallest absolute Gasteiger partial charge is 0.347 e. The largest absolute Gasteiger partial charge is 0.497 e. The van der Waals surface area contributed by atoms with Crippen LogP contribution < -0.4 is 10.4 Å². The van der Waals surface area contributed by atoms with E-state index in [0.717, 1.165) is 0 Å². The standard InChI is InChI=1S/C17H11ClO4/c1-21-13-5-2-10(3-6-13)16(19)14-9-11-8-12(18)4-7-15(11)22-17(14)20/h2-9H,1H3. The molecule has 5 heteroatoms. The fraction of sp³-hybridized carbons (Fsp3) is 0.0588. The van der Waals surface area contributed by atoms with Crippen LogP contribution in [-0.2, 0) is 0 Å². The molecule has 0 saturated heterocycles. The van der Waals surface area contributed by atoms with Gasteiger partial charge in [0, 0.05) is 16.0 Å². The molecule has 0 fully saturated rings. The third-order valence-corrected chi connectivity index (χ3v) is 3.53. The fourth-order valence-electron chi connectivity index (χ4n) is 2.15. The van der Waals surface area contributed by atoms with Crippen LogP contribution in [0.4, 0.5) is 0 Å². The minimum absolute atomic E-state index is 0.0278. The van der Waals surface area contributed by atoms with Gasteiger partial charge in [-0.15, -0.1) is 0 Å². The van der Waals surface area contributed by atoms with Gasteiger partial charge < -0.3 is 9.15 Å². The quantitative estimate of drug-likeness (QED) is 0.546. The average Bonchev–Trinajstić information content (AvgIpc) is 2.54. The zero-order valence-corrected chi connectivity index (χ0v) is 12.4. The Balaban J connectivity index is 2.09. The average molecular weight is 315 g/mol. The van der Waals surface area contributed by atoms with Crippen molar-refractivity contribution in [3.8, 4) is 5.75 Å². The molecule has 0 radical (unpaired) electrons. The molecule has 110 valence electrons. The van der Waals surface area contributed by atoms with Crippen LogP contribution >= 0.6 is 11.6 Å². The van der Waals surface area contributed by atoms with E-state index in [1.54, 1.807) is 49.6 Å². The summed E-state index contributed by atoms with van der Waals surface area (Å²) in [6, 6.07) is 12.9. The Morgan fingerprint density at radius 3 is 2.50 bits per heavy atom. The minimum atomic E-state index is -0.671. The lowest BCUT2D eigenvalue weighted by atomic mass is 10.0. The zero-order chi connectivity index (χ0) is 15.7. The van der Waals surface area contributed by atoms with Gasteiger partial charge in [0.05, 0.1) is 7.11 Å². The van der Waals surface area contributed by atoms with Gasteiger partial charge in [-0.25, -0.2) is 4.79 Å². The van der Waals surface area contributed by atoms with Gasteiger partial charge in [0.1, 0.15) is 16.9 Å². The highest BCUT2D eigenvalue weighted by Crippen LogP contribution is 2.20. The normalized spacial score (nSPS) is 10.6. The van der Waals surface area contributed by atoms with E-state index in [9.17, 15) is 9.59 Å². The number of methoxy groups -OCH3 is 1. The molecule has 0 aliphatic carbocycles. The minimum Gasteiger partial charge on any atom is -0.497 e. The third kappa shape index (κ3) is 2.61. The van der Waals surface area contributed by atoms with Gasteiger partial charge in [-0.1, -0.05) is 11.6 Å². The summed E-state index contributed by atoms with van der Waals surface area (Å²) in [5, 5.41) is 1.10. The summed E-state index contributed by atoms with van der Waals surface area (Å²) in [5.41, 5.74) is 0.0748. The molecule has 0 aliphatic heterocycles. The Morgan fingerprint density at radius 1 is 1.09 bits per heavy atom. The van der Waals surface area contributed by atoms with Crippen LogP contribution in [0, 0.1) is 0 Å². The van der Waals surface area contributed by atoms with Gasteiger partial charge in [0.15, 0.2) is 5.78 Å². The number of benzene rings is 2. The van der Waals surface area contributed by atoms with Gasteiger partial charge in [-0.2, -0.15) is 0 Å². The van der Waals surface area contributed by atoms with Crippen molar-refractivity contribution in [2.75, 3.05) is 7.11 Å². The lowest BCUT2D eigenvalue weighted by molar-refractivity contribution is 0.103. The molecular weight excluding hydrogens is 304 g/mol. The summed E-state index contributed by atoms with van der Waals surface area (Å²) < 4.78 is 10.2. The van der Waals surface area contributed by atoms with Gasteiger partial charge in [0.25, 0.3) is 0 Å². The molecule has 2 aromatic carbocycles. The summed E-state index contributed by atoms with van der Waals surface area (Å²) in [6.45, 7) is 0. The monoisotopic (exact) mass is 314 g/mol. The number of halogens is 1. The Bertz CT molecular complexity index is 910. The van der Waals surface area contributed by atoms with Crippen LogP contribution in [0.25, 0.3) is 11.0 Å².